The molecule has 0 bridgehead atoms. The van der Waals surface area contributed by atoms with Gasteiger partial charge in [-0.15, -0.1) is 0 Å². The van der Waals surface area contributed by atoms with Crippen LogP contribution in [0.1, 0.15) is 25.5 Å². The molecule has 2 nitrogen and oxygen atoms in total. The van der Waals surface area contributed by atoms with Gasteiger partial charge in [-0.1, -0.05) is 44.2 Å². The Balaban J connectivity index is 2.64. The highest BCUT2D eigenvalue weighted by atomic mass is 79.9. The van der Waals surface area contributed by atoms with Crippen LogP contribution in [0.3, 0.4) is 0 Å². The summed E-state index contributed by atoms with van der Waals surface area (Å²) in [4.78, 5) is 4.57. The summed E-state index contributed by atoms with van der Waals surface area (Å²) in [6, 6.07) is 10.4. The van der Waals surface area contributed by atoms with Crippen LogP contribution in [0.5, 0.6) is 0 Å². The van der Waals surface area contributed by atoms with Gasteiger partial charge < -0.3 is 4.57 Å². The highest BCUT2D eigenvalue weighted by Crippen LogP contribution is 2.30. The number of halogens is 1. The number of imidazole rings is 1. The summed E-state index contributed by atoms with van der Waals surface area (Å²) < 4.78 is 2.97. The van der Waals surface area contributed by atoms with Crippen molar-refractivity contribution >= 4 is 15.9 Å². The summed E-state index contributed by atoms with van der Waals surface area (Å²) in [5.41, 5.74) is 3.55. The van der Waals surface area contributed by atoms with Crippen LogP contribution in [0, 0.1) is 0 Å². The average molecular weight is 279 g/mol. The SMILES string of the molecule is CC(C)c1nc(Br)n(C)c1-c1ccccc1. The lowest BCUT2D eigenvalue weighted by molar-refractivity contribution is 0.832. The van der Waals surface area contributed by atoms with Crippen LogP contribution in [0.2, 0.25) is 0 Å². The molecule has 2 aromatic rings. The monoisotopic (exact) mass is 278 g/mol. The van der Waals surface area contributed by atoms with Crippen molar-refractivity contribution in [2.45, 2.75) is 19.8 Å². The second-order valence-corrected chi connectivity index (χ2v) is 4.90. The molecule has 84 valence electrons. The summed E-state index contributed by atoms with van der Waals surface area (Å²) in [7, 11) is 2.03. The Morgan fingerprint density at radius 2 is 1.81 bits per heavy atom. The molecule has 0 spiro atoms. The van der Waals surface area contributed by atoms with Crippen LogP contribution in [0.25, 0.3) is 11.3 Å². The molecule has 0 amide bonds. The maximum atomic E-state index is 4.57. The van der Waals surface area contributed by atoms with Gasteiger partial charge in [0, 0.05) is 12.6 Å². The third-order valence-electron chi connectivity index (χ3n) is 2.66. The molecule has 0 atom stereocenters. The summed E-state index contributed by atoms with van der Waals surface area (Å²) in [5, 5.41) is 0. The summed E-state index contributed by atoms with van der Waals surface area (Å²) in [6.07, 6.45) is 0. The van der Waals surface area contributed by atoms with E-state index in [4.69, 9.17) is 0 Å². The fourth-order valence-corrected chi connectivity index (χ4v) is 2.20. The van der Waals surface area contributed by atoms with E-state index in [2.05, 4.69) is 63.6 Å². The summed E-state index contributed by atoms with van der Waals surface area (Å²) in [5.74, 6) is 0.424. The Morgan fingerprint density at radius 1 is 1.19 bits per heavy atom. The van der Waals surface area contributed by atoms with Crippen molar-refractivity contribution in [3.05, 3.63) is 40.8 Å². The lowest BCUT2D eigenvalue weighted by Gasteiger charge is -2.08. The second kappa shape index (κ2) is 4.42. The number of aromatic nitrogens is 2. The number of benzene rings is 1. The van der Waals surface area contributed by atoms with Gasteiger partial charge in [-0.3, -0.25) is 0 Å². The maximum Gasteiger partial charge on any atom is 0.177 e. The third kappa shape index (κ3) is 1.92. The molecule has 0 saturated carbocycles. The Hall–Kier alpha value is -1.09. The largest absolute Gasteiger partial charge is 0.321 e. The van der Waals surface area contributed by atoms with Gasteiger partial charge >= 0.3 is 0 Å². The number of nitrogens with zero attached hydrogens (tertiary/aromatic N) is 2. The molecule has 3 heteroatoms. The predicted molar refractivity (Wildman–Crippen MR) is 70.4 cm³/mol. The van der Waals surface area contributed by atoms with Crippen molar-refractivity contribution in [2.75, 3.05) is 0 Å². The summed E-state index contributed by atoms with van der Waals surface area (Å²) in [6.45, 7) is 4.34. The van der Waals surface area contributed by atoms with E-state index in [0.29, 0.717) is 5.92 Å². The van der Waals surface area contributed by atoms with Crippen LogP contribution in [0.4, 0.5) is 0 Å². The maximum absolute atomic E-state index is 4.57. The molecule has 0 N–H and O–H groups in total. The van der Waals surface area contributed by atoms with E-state index in [1.54, 1.807) is 0 Å². The molecule has 0 fully saturated rings. The van der Waals surface area contributed by atoms with Crippen molar-refractivity contribution in [1.29, 1.82) is 0 Å². The van der Waals surface area contributed by atoms with Gasteiger partial charge in [-0.05, 0) is 21.8 Å². The molecule has 0 aliphatic heterocycles. The van der Waals surface area contributed by atoms with Crippen molar-refractivity contribution in [2.24, 2.45) is 7.05 Å². The molecule has 2 rings (SSSR count). The van der Waals surface area contributed by atoms with Gasteiger partial charge in [0.05, 0.1) is 11.4 Å². The molecule has 0 unspecified atom stereocenters. The molecule has 0 radical (unpaired) electrons. The zero-order chi connectivity index (χ0) is 11.7. The Bertz CT molecular complexity index is 486. The zero-order valence-electron chi connectivity index (χ0n) is 9.74. The number of hydrogen-bond donors (Lipinski definition) is 0. The molecule has 0 saturated heterocycles. The highest BCUT2D eigenvalue weighted by molar-refractivity contribution is 9.10. The van der Waals surface area contributed by atoms with Gasteiger partial charge in [0.25, 0.3) is 0 Å². The number of rotatable bonds is 2. The van der Waals surface area contributed by atoms with Crippen molar-refractivity contribution < 1.29 is 0 Å². The molecule has 0 aliphatic rings. The van der Waals surface area contributed by atoms with Crippen LogP contribution in [0.15, 0.2) is 35.1 Å². The van der Waals surface area contributed by atoms with Crippen LogP contribution in [-0.2, 0) is 7.05 Å². The lowest BCUT2D eigenvalue weighted by atomic mass is 10.0. The molecular weight excluding hydrogens is 264 g/mol. The minimum absolute atomic E-state index is 0.424. The smallest absolute Gasteiger partial charge is 0.177 e. The van der Waals surface area contributed by atoms with E-state index in [0.717, 1.165) is 10.4 Å². The summed E-state index contributed by atoms with van der Waals surface area (Å²) >= 11 is 3.48. The first-order chi connectivity index (χ1) is 7.61. The predicted octanol–water partition coefficient (Wildman–Crippen LogP) is 3.97. The van der Waals surface area contributed by atoms with Crippen LogP contribution >= 0.6 is 15.9 Å². The minimum Gasteiger partial charge on any atom is -0.321 e. The van der Waals surface area contributed by atoms with E-state index in [-0.39, 0.29) is 0 Å². The fourth-order valence-electron chi connectivity index (χ4n) is 1.83. The molecule has 0 aliphatic carbocycles. The first-order valence-electron chi connectivity index (χ1n) is 5.38. The van der Waals surface area contributed by atoms with Crippen LogP contribution < -0.4 is 0 Å². The van der Waals surface area contributed by atoms with Gasteiger partial charge in [0.1, 0.15) is 0 Å². The van der Waals surface area contributed by atoms with E-state index >= 15 is 0 Å². The van der Waals surface area contributed by atoms with Gasteiger partial charge in [-0.2, -0.15) is 0 Å². The number of hydrogen-bond acceptors (Lipinski definition) is 1. The van der Waals surface area contributed by atoms with Gasteiger partial charge in [0.15, 0.2) is 4.73 Å². The minimum atomic E-state index is 0.424. The quantitative estimate of drug-likeness (QED) is 0.813. The lowest BCUT2D eigenvalue weighted by Crippen LogP contribution is -1.95. The molecule has 1 aromatic carbocycles. The highest BCUT2D eigenvalue weighted by Gasteiger charge is 2.16. The molecule has 1 heterocycles. The normalized spacial score (nSPS) is 11.1. The molecular formula is C13H15BrN2. The van der Waals surface area contributed by atoms with Crippen LogP contribution in [-0.4, -0.2) is 9.55 Å². The van der Waals surface area contributed by atoms with Crippen molar-refractivity contribution in [1.82, 2.24) is 9.55 Å². The molecule has 16 heavy (non-hydrogen) atoms. The second-order valence-electron chi connectivity index (χ2n) is 4.19. The average Bonchev–Trinajstić information content (AvgIpc) is 2.57. The van der Waals surface area contributed by atoms with E-state index in [9.17, 15) is 0 Å². The van der Waals surface area contributed by atoms with Gasteiger partial charge in [0.2, 0.25) is 0 Å². The standard InChI is InChI=1S/C13H15BrN2/c1-9(2)11-12(16(3)13(14)15-11)10-7-5-4-6-8-10/h4-9H,1-3H3. The Kier molecular flexibility index (Phi) is 3.15. The van der Waals surface area contributed by atoms with E-state index in [1.807, 2.05) is 13.1 Å². The zero-order valence-corrected chi connectivity index (χ0v) is 11.3. The Labute approximate surface area is 104 Å². The van der Waals surface area contributed by atoms with E-state index in [1.165, 1.54) is 11.3 Å². The fraction of sp³-hybridized carbons (Fsp3) is 0.308. The first kappa shape index (κ1) is 11.4. The van der Waals surface area contributed by atoms with Gasteiger partial charge in [-0.25, -0.2) is 4.98 Å². The van der Waals surface area contributed by atoms with Crippen molar-refractivity contribution in [3.8, 4) is 11.3 Å². The van der Waals surface area contributed by atoms with E-state index < -0.39 is 0 Å². The third-order valence-corrected chi connectivity index (χ3v) is 3.37. The molecule has 1 aromatic heterocycles. The topological polar surface area (TPSA) is 17.8 Å². The first-order valence-corrected chi connectivity index (χ1v) is 6.18. The van der Waals surface area contributed by atoms with Crippen molar-refractivity contribution in [3.63, 3.8) is 0 Å². The Morgan fingerprint density at radius 3 is 2.38 bits per heavy atom.